The molecule has 2 rings (SSSR count). The summed E-state index contributed by atoms with van der Waals surface area (Å²) in [4.78, 5) is 26.2. The summed E-state index contributed by atoms with van der Waals surface area (Å²) in [5.74, 6) is -0.144. The molecule has 2 amide bonds. The number of nitrogens with one attached hydrogen (secondary N) is 1. The zero-order valence-electron chi connectivity index (χ0n) is 12.2. The van der Waals surface area contributed by atoms with E-state index >= 15 is 0 Å². The molecule has 0 heterocycles. The molecule has 22 heavy (non-hydrogen) atoms. The van der Waals surface area contributed by atoms with E-state index in [1.807, 2.05) is 30.3 Å². The van der Waals surface area contributed by atoms with E-state index in [0.29, 0.717) is 11.3 Å². The molecule has 0 fully saturated rings. The number of thioether (sulfide) groups is 1. The first-order valence-electron chi connectivity index (χ1n) is 6.52. The van der Waals surface area contributed by atoms with Crippen LogP contribution in [0.25, 0.3) is 0 Å². The molecule has 114 valence electrons. The molecule has 2 aromatic carbocycles. The van der Waals surface area contributed by atoms with Crippen molar-refractivity contribution in [3.05, 3.63) is 57.7 Å². The molecular weight excluding hydrogens is 411 g/mol. The minimum atomic E-state index is -0.144. The number of benzene rings is 2. The third-order valence-corrected chi connectivity index (χ3v) is 4.79. The Morgan fingerprint density at radius 2 is 1.68 bits per heavy atom. The Morgan fingerprint density at radius 3 is 2.27 bits per heavy atom. The van der Waals surface area contributed by atoms with Gasteiger partial charge in [0.1, 0.15) is 0 Å². The van der Waals surface area contributed by atoms with Crippen LogP contribution < -0.4 is 5.32 Å². The minimum absolute atomic E-state index is 0.0318. The first kappa shape index (κ1) is 16.8. The highest BCUT2D eigenvalue weighted by atomic mass is 127. The molecule has 1 N–H and O–H groups in total. The Balaban J connectivity index is 2.04. The molecule has 0 unspecified atom stereocenters. The summed E-state index contributed by atoms with van der Waals surface area (Å²) in [5.41, 5.74) is 1.34. The second-order valence-electron chi connectivity index (χ2n) is 4.72. The highest BCUT2D eigenvalue weighted by Crippen LogP contribution is 2.23. The summed E-state index contributed by atoms with van der Waals surface area (Å²) < 4.78 is 0.904. The fraction of sp³-hybridized carbons (Fsp3) is 0.125. The number of nitrogens with zero attached hydrogens (tertiary/aromatic N) is 1. The Morgan fingerprint density at radius 1 is 1.05 bits per heavy atom. The van der Waals surface area contributed by atoms with Crippen LogP contribution >= 0.6 is 34.4 Å². The Hall–Kier alpha value is -1.54. The maximum Gasteiger partial charge on any atom is 0.285 e. The van der Waals surface area contributed by atoms with Crippen LogP contribution in [-0.2, 0) is 0 Å². The molecule has 0 aromatic heterocycles. The largest absolute Gasteiger partial charge is 0.339 e. The smallest absolute Gasteiger partial charge is 0.285 e. The van der Waals surface area contributed by atoms with Crippen LogP contribution in [0.3, 0.4) is 0 Å². The normalized spacial score (nSPS) is 10.1. The summed E-state index contributed by atoms with van der Waals surface area (Å²) in [6.07, 6.45) is 0. The van der Waals surface area contributed by atoms with Gasteiger partial charge in [0.25, 0.3) is 11.1 Å². The van der Waals surface area contributed by atoms with E-state index in [-0.39, 0.29) is 11.1 Å². The van der Waals surface area contributed by atoms with Crippen molar-refractivity contribution in [1.82, 2.24) is 4.90 Å². The van der Waals surface area contributed by atoms with Crippen LogP contribution in [0.2, 0.25) is 0 Å². The van der Waals surface area contributed by atoms with E-state index in [1.165, 1.54) is 4.90 Å². The van der Waals surface area contributed by atoms with Crippen LogP contribution in [-0.4, -0.2) is 30.1 Å². The molecule has 4 nitrogen and oxygen atoms in total. The SMILES string of the molecule is CN(C)C(=O)Sc1ccc(NC(=O)c2ccccc2I)cc1. The number of amides is 2. The van der Waals surface area contributed by atoms with Crippen molar-refractivity contribution in [2.45, 2.75) is 4.90 Å². The van der Waals surface area contributed by atoms with E-state index < -0.39 is 0 Å². The number of hydrogen-bond donors (Lipinski definition) is 1. The number of carbonyl (C=O) groups is 2. The van der Waals surface area contributed by atoms with Crippen molar-refractivity contribution in [2.24, 2.45) is 0 Å². The predicted molar refractivity (Wildman–Crippen MR) is 98.5 cm³/mol. The lowest BCUT2D eigenvalue weighted by molar-refractivity contribution is 0.102. The van der Waals surface area contributed by atoms with Crippen molar-refractivity contribution >= 4 is 51.2 Å². The van der Waals surface area contributed by atoms with Crippen molar-refractivity contribution < 1.29 is 9.59 Å². The molecular formula is C16H15IN2O2S. The van der Waals surface area contributed by atoms with Crippen LogP contribution in [0.4, 0.5) is 10.5 Å². The highest BCUT2D eigenvalue weighted by Gasteiger charge is 2.10. The van der Waals surface area contributed by atoms with Gasteiger partial charge in [0.05, 0.1) is 5.56 Å². The van der Waals surface area contributed by atoms with Crippen molar-refractivity contribution in [3.63, 3.8) is 0 Å². The second-order valence-corrected chi connectivity index (χ2v) is 6.91. The summed E-state index contributed by atoms with van der Waals surface area (Å²) >= 11 is 3.29. The molecule has 0 saturated carbocycles. The van der Waals surface area contributed by atoms with Crippen molar-refractivity contribution in [1.29, 1.82) is 0 Å². The molecule has 0 saturated heterocycles. The maximum atomic E-state index is 12.2. The van der Waals surface area contributed by atoms with Crippen molar-refractivity contribution in [3.8, 4) is 0 Å². The number of carbonyl (C=O) groups excluding carboxylic acids is 2. The standard InChI is InChI=1S/C16H15IN2O2S/c1-19(2)16(21)22-12-9-7-11(8-10-12)18-15(20)13-5-3-4-6-14(13)17/h3-10H,1-2H3,(H,18,20). The molecule has 0 atom stereocenters. The fourth-order valence-electron chi connectivity index (χ4n) is 1.64. The van der Waals surface area contributed by atoms with Gasteiger partial charge in [-0.25, -0.2) is 0 Å². The molecule has 6 heteroatoms. The van der Waals surface area contributed by atoms with E-state index in [0.717, 1.165) is 20.2 Å². The van der Waals surface area contributed by atoms with E-state index in [9.17, 15) is 9.59 Å². The van der Waals surface area contributed by atoms with Gasteiger partial charge in [0.2, 0.25) is 0 Å². The van der Waals surface area contributed by atoms with Gasteiger partial charge < -0.3 is 10.2 Å². The summed E-state index contributed by atoms with van der Waals surface area (Å²) in [6, 6.07) is 14.6. The van der Waals surface area contributed by atoms with Gasteiger partial charge in [-0.15, -0.1) is 0 Å². The lowest BCUT2D eigenvalue weighted by Gasteiger charge is -2.10. The van der Waals surface area contributed by atoms with Crippen LogP contribution in [0.15, 0.2) is 53.4 Å². The molecule has 2 aromatic rings. The summed E-state index contributed by atoms with van der Waals surface area (Å²) in [7, 11) is 3.43. The maximum absolute atomic E-state index is 12.2. The molecule has 0 bridgehead atoms. The molecule has 0 spiro atoms. The fourth-order valence-corrected chi connectivity index (χ4v) is 2.93. The predicted octanol–water partition coefficient (Wildman–Crippen LogP) is 4.32. The molecule has 0 aliphatic heterocycles. The Kier molecular flexibility index (Phi) is 5.84. The van der Waals surface area contributed by atoms with Crippen LogP contribution in [0.1, 0.15) is 10.4 Å². The third kappa shape index (κ3) is 4.48. The molecule has 0 radical (unpaired) electrons. The monoisotopic (exact) mass is 426 g/mol. The first-order valence-corrected chi connectivity index (χ1v) is 8.42. The van der Waals surface area contributed by atoms with Gasteiger partial charge in [-0.1, -0.05) is 12.1 Å². The average Bonchev–Trinajstić information content (AvgIpc) is 2.49. The first-order chi connectivity index (χ1) is 10.5. The minimum Gasteiger partial charge on any atom is -0.339 e. The highest BCUT2D eigenvalue weighted by molar-refractivity contribution is 14.1. The summed E-state index contributed by atoms with van der Waals surface area (Å²) in [5, 5.41) is 2.82. The van der Waals surface area contributed by atoms with Gasteiger partial charge in [-0.05, 0) is 70.8 Å². The second kappa shape index (κ2) is 7.64. The Bertz CT molecular complexity index is 687. The van der Waals surface area contributed by atoms with E-state index in [4.69, 9.17) is 0 Å². The quantitative estimate of drug-likeness (QED) is 0.588. The topological polar surface area (TPSA) is 49.4 Å². The zero-order chi connectivity index (χ0) is 16.1. The molecule has 0 aliphatic rings. The van der Waals surface area contributed by atoms with E-state index in [2.05, 4.69) is 27.9 Å². The van der Waals surface area contributed by atoms with Crippen LogP contribution in [0, 0.1) is 3.57 Å². The average molecular weight is 426 g/mol. The van der Waals surface area contributed by atoms with Gasteiger partial charge in [-0.2, -0.15) is 0 Å². The number of rotatable bonds is 3. The van der Waals surface area contributed by atoms with Gasteiger partial charge in [-0.3, -0.25) is 9.59 Å². The van der Waals surface area contributed by atoms with Crippen molar-refractivity contribution in [2.75, 3.05) is 19.4 Å². The zero-order valence-corrected chi connectivity index (χ0v) is 15.1. The lowest BCUT2D eigenvalue weighted by Crippen LogP contribution is -2.16. The number of hydrogen-bond acceptors (Lipinski definition) is 3. The van der Waals surface area contributed by atoms with Gasteiger partial charge >= 0.3 is 0 Å². The third-order valence-electron chi connectivity index (χ3n) is 2.80. The van der Waals surface area contributed by atoms with E-state index in [1.54, 1.807) is 32.3 Å². The summed E-state index contributed by atoms with van der Waals surface area (Å²) in [6.45, 7) is 0. The van der Waals surface area contributed by atoms with Gasteiger partial charge in [0.15, 0.2) is 0 Å². The van der Waals surface area contributed by atoms with Gasteiger partial charge in [0, 0.05) is 28.2 Å². The number of halogens is 1. The number of anilines is 1. The Labute approximate surface area is 147 Å². The lowest BCUT2D eigenvalue weighted by atomic mass is 10.2. The van der Waals surface area contributed by atoms with Crippen LogP contribution in [0.5, 0.6) is 0 Å². The molecule has 0 aliphatic carbocycles.